The molecule has 2 heterocycles. The van der Waals surface area contributed by atoms with Crippen LogP contribution in [0.3, 0.4) is 0 Å². The fourth-order valence-corrected chi connectivity index (χ4v) is 2.24. The summed E-state index contributed by atoms with van der Waals surface area (Å²) in [6, 6.07) is 3.71. The minimum Gasteiger partial charge on any atom is -0.396 e. The van der Waals surface area contributed by atoms with Gasteiger partial charge >= 0.3 is 0 Å². The lowest BCUT2D eigenvalue weighted by atomic mass is 9.99. The van der Waals surface area contributed by atoms with E-state index in [-0.39, 0.29) is 18.4 Å². The van der Waals surface area contributed by atoms with Crippen LogP contribution in [0.5, 0.6) is 0 Å². The summed E-state index contributed by atoms with van der Waals surface area (Å²) in [5.74, 6) is 0.323. The Bertz CT molecular complexity index is 373. The first-order valence-electron chi connectivity index (χ1n) is 5.74. The van der Waals surface area contributed by atoms with Gasteiger partial charge in [-0.3, -0.25) is 4.79 Å². The largest absolute Gasteiger partial charge is 0.396 e. The Morgan fingerprint density at radius 3 is 3.06 bits per heavy atom. The molecule has 1 aromatic heterocycles. The molecule has 4 heteroatoms. The van der Waals surface area contributed by atoms with E-state index < -0.39 is 0 Å². The second-order valence-electron chi connectivity index (χ2n) is 4.45. The Kier molecular flexibility index (Phi) is 3.29. The van der Waals surface area contributed by atoms with Crippen molar-refractivity contribution in [3.8, 4) is 0 Å². The lowest BCUT2D eigenvalue weighted by molar-refractivity contribution is 0.0611. The molecule has 1 amide bonds. The van der Waals surface area contributed by atoms with Gasteiger partial charge in [0.25, 0.3) is 5.91 Å². The van der Waals surface area contributed by atoms with Crippen molar-refractivity contribution in [3.63, 3.8) is 0 Å². The summed E-state index contributed by atoms with van der Waals surface area (Å²) < 4.78 is 1.84. The normalized spacial score (nSPS) is 21.1. The van der Waals surface area contributed by atoms with Crippen LogP contribution in [0.15, 0.2) is 18.3 Å². The molecule has 88 valence electrons. The molecule has 0 radical (unpaired) electrons. The summed E-state index contributed by atoms with van der Waals surface area (Å²) in [7, 11) is 1.88. The van der Waals surface area contributed by atoms with Gasteiger partial charge in [0.05, 0.1) is 0 Å². The molecule has 0 spiro atoms. The van der Waals surface area contributed by atoms with Crippen molar-refractivity contribution in [2.45, 2.75) is 12.8 Å². The van der Waals surface area contributed by atoms with Crippen LogP contribution in [0.25, 0.3) is 0 Å². The first kappa shape index (κ1) is 11.2. The van der Waals surface area contributed by atoms with Gasteiger partial charge in [0, 0.05) is 32.9 Å². The van der Waals surface area contributed by atoms with Gasteiger partial charge in [0.15, 0.2) is 0 Å². The van der Waals surface area contributed by atoms with Crippen LogP contribution < -0.4 is 0 Å². The van der Waals surface area contributed by atoms with E-state index in [0.717, 1.165) is 25.1 Å². The molecule has 0 aliphatic carbocycles. The first-order valence-corrected chi connectivity index (χ1v) is 5.74. The van der Waals surface area contributed by atoms with Crippen molar-refractivity contribution < 1.29 is 9.90 Å². The zero-order chi connectivity index (χ0) is 11.5. The van der Waals surface area contributed by atoms with E-state index in [0.29, 0.717) is 6.54 Å². The third kappa shape index (κ3) is 2.11. The van der Waals surface area contributed by atoms with Gasteiger partial charge in [0.1, 0.15) is 5.69 Å². The summed E-state index contributed by atoms with van der Waals surface area (Å²) in [4.78, 5) is 14.0. The Hall–Kier alpha value is -1.29. The van der Waals surface area contributed by atoms with Crippen LogP contribution in [0, 0.1) is 5.92 Å². The SMILES string of the molecule is Cn1cccc1C(=O)N1CCCC(CO)C1. The summed E-state index contributed by atoms with van der Waals surface area (Å²) >= 11 is 0. The Morgan fingerprint density at radius 1 is 1.62 bits per heavy atom. The fourth-order valence-electron chi connectivity index (χ4n) is 2.24. The molecular formula is C12H18N2O2. The number of aliphatic hydroxyl groups excluding tert-OH is 1. The number of nitrogens with zero attached hydrogens (tertiary/aromatic N) is 2. The van der Waals surface area contributed by atoms with E-state index in [9.17, 15) is 4.79 Å². The highest BCUT2D eigenvalue weighted by Gasteiger charge is 2.24. The Morgan fingerprint density at radius 2 is 2.44 bits per heavy atom. The molecule has 0 bridgehead atoms. The molecule has 1 atom stereocenters. The van der Waals surface area contributed by atoms with Crippen LogP contribution in [0.2, 0.25) is 0 Å². The zero-order valence-electron chi connectivity index (χ0n) is 9.59. The topological polar surface area (TPSA) is 45.5 Å². The van der Waals surface area contributed by atoms with Gasteiger partial charge in [-0.05, 0) is 30.9 Å². The standard InChI is InChI=1S/C12H18N2O2/c1-13-6-3-5-11(13)12(16)14-7-2-4-10(8-14)9-15/h3,5-6,10,15H,2,4,7-9H2,1H3. The smallest absolute Gasteiger partial charge is 0.270 e. The van der Waals surface area contributed by atoms with Crippen LogP contribution in [-0.2, 0) is 7.05 Å². The lowest BCUT2D eigenvalue weighted by Crippen LogP contribution is -2.41. The molecule has 1 N–H and O–H groups in total. The van der Waals surface area contributed by atoms with Gasteiger partial charge in [0.2, 0.25) is 0 Å². The van der Waals surface area contributed by atoms with E-state index in [1.54, 1.807) is 0 Å². The first-order chi connectivity index (χ1) is 7.72. The second-order valence-corrected chi connectivity index (χ2v) is 4.45. The average molecular weight is 222 g/mol. The number of rotatable bonds is 2. The molecule has 1 aliphatic heterocycles. The Labute approximate surface area is 95.5 Å². The monoisotopic (exact) mass is 222 g/mol. The molecule has 1 unspecified atom stereocenters. The van der Waals surface area contributed by atoms with E-state index in [2.05, 4.69) is 0 Å². The van der Waals surface area contributed by atoms with Crippen LogP contribution >= 0.6 is 0 Å². The highest BCUT2D eigenvalue weighted by molar-refractivity contribution is 5.92. The summed E-state index contributed by atoms with van der Waals surface area (Å²) in [6.07, 6.45) is 3.88. The zero-order valence-corrected chi connectivity index (χ0v) is 9.59. The average Bonchev–Trinajstić information content (AvgIpc) is 2.74. The van der Waals surface area contributed by atoms with Crippen molar-refractivity contribution >= 4 is 5.91 Å². The minimum atomic E-state index is 0.0747. The van der Waals surface area contributed by atoms with Crippen molar-refractivity contribution in [2.24, 2.45) is 13.0 Å². The number of aliphatic hydroxyl groups is 1. The third-order valence-electron chi connectivity index (χ3n) is 3.23. The predicted octanol–water partition coefficient (Wildman–Crippen LogP) is 0.870. The highest BCUT2D eigenvalue weighted by atomic mass is 16.3. The Balaban J connectivity index is 2.07. The molecule has 2 rings (SSSR count). The van der Waals surface area contributed by atoms with E-state index in [1.165, 1.54) is 0 Å². The van der Waals surface area contributed by atoms with Gasteiger partial charge in [-0.2, -0.15) is 0 Å². The quantitative estimate of drug-likeness (QED) is 0.807. The number of hydrogen-bond donors (Lipinski definition) is 1. The van der Waals surface area contributed by atoms with E-state index >= 15 is 0 Å². The number of hydrogen-bond acceptors (Lipinski definition) is 2. The molecule has 1 aromatic rings. The molecule has 1 fully saturated rings. The molecule has 0 saturated carbocycles. The number of aromatic nitrogens is 1. The highest BCUT2D eigenvalue weighted by Crippen LogP contribution is 2.18. The third-order valence-corrected chi connectivity index (χ3v) is 3.23. The predicted molar refractivity (Wildman–Crippen MR) is 61.1 cm³/mol. The number of amides is 1. The maximum absolute atomic E-state index is 12.2. The van der Waals surface area contributed by atoms with Gasteiger partial charge in [-0.1, -0.05) is 0 Å². The fraction of sp³-hybridized carbons (Fsp3) is 0.583. The van der Waals surface area contributed by atoms with Crippen LogP contribution in [-0.4, -0.2) is 40.2 Å². The number of aryl methyl sites for hydroxylation is 1. The lowest BCUT2D eigenvalue weighted by Gasteiger charge is -2.31. The van der Waals surface area contributed by atoms with Crippen molar-refractivity contribution in [2.75, 3.05) is 19.7 Å². The molecule has 0 aromatic carbocycles. The van der Waals surface area contributed by atoms with Gasteiger partial charge in [-0.25, -0.2) is 0 Å². The maximum atomic E-state index is 12.2. The number of carbonyl (C=O) groups excluding carboxylic acids is 1. The van der Waals surface area contributed by atoms with Crippen molar-refractivity contribution in [3.05, 3.63) is 24.0 Å². The molecule has 16 heavy (non-hydrogen) atoms. The van der Waals surface area contributed by atoms with Crippen molar-refractivity contribution in [1.82, 2.24) is 9.47 Å². The summed E-state index contributed by atoms with van der Waals surface area (Å²) in [6.45, 7) is 1.66. The van der Waals surface area contributed by atoms with E-state index in [4.69, 9.17) is 5.11 Å². The molecular weight excluding hydrogens is 204 g/mol. The summed E-state index contributed by atoms with van der Waals surface area (Å²) in [5, 5.41) is 9.13. The number of piperidine rings is 1. The molecule has 1 saturated heterocycles. The molecule has 4 nitrogen and oxygen atoms in total. The maximum Gasteiger partial charge on any atom is 0.270 e. The second kappa shape index (κ2) is 4.70. The number of likely N-dealkylation sites (tertiary alicyclic amines) is 1. The van der Waals surface area contributed by atoms with Crippen LogP contribution in [0.1, 0.15) is 23.3 Å². The number of carbonyl (C=O) groups is 1. The van der Waals surface area contributed by atoms with Gasteiger partial charge < -0.3 is 14.6 Å². The van der Waals surface area contributed by atoms with Crippen molar-refractivity contribution in [1.29, 1.82) is 0 Å². The summed E-state index contributed by atoms with van der Waals surface area (Å²) in [5.41, 5.74) is 0.721. The minimum absolute atomic E-state index is 0.0747. The van der Waals surface area contributed by atoms with Crippen LogP contribution in [0.4, 0.5) is 0 Å². The van der Waals surface area contributed by atoms with Gasteiger partial charge in [-0.15, -0.1) is 0 Å². The molecule has 1 aliphatic rings. The van der Waals surface area contributed by atoms with E-state index in [1.807, 2.05) is 34.8 Å².